The number of benzene rings is 2. The molecule has 2 aromatic carbocycles. The van der Waals surface area contributed by atoms with Gasteiger partial charge in [-0.05, 0) is 17.2 Å². The SMILES string of the molecule is O=[N+]([O-])c1ccc(/C=C/c2ccccc2)c(S(=O)(=O)[O-])c1.[Na+]. The van der Waals surface area contributed by atoms with Crippen LogP contribution in [-0.2, 0) is 10.1 Å². The molecular formula is C14H10NNaO5S. The van der Waals surface area contributed by atoms with Gasteiger partial charge in [-0.1, -0.05) is 42.5 Å². The van der Waals surface area contributed by atoms with Crippen LogP contribution < -0.4 is 29.6 Å². The van der Waals surface area contributed by atoms with E-state index < -0.39 is 25.6 Å². The summed E-state index contributed by atoms with van der Waals surface area (Å²) in [5.74, 6) is 0. The molecule has 0 aromatic heterocycles. The summed E-state index contributed by atoms with van der Waals surface area (Å²) in [6, 6.07) is 12.2. The van der Waals surface area contributed by atoms with Crippen LogP contribution in [0.3, 0.4) is 0 Å². The topological polar surface area (TPSA) is 100 Å². The fraction of sp³-hybridized carbons (Fsp3) is 0. The zero-order chi connectivity index (χ0) is 15.5. The molecule has 0 aliphatic rings. The minimum atomic E-state index is -4.80. The molecule has 8 heteroatoms. The number of nitro groups is 1. The predicted molar refractivity (Wildman–Crippen MR) is 76.4 cm³/mol. The molecular weight excluding hydrogens is 317 g/mol. The molecule has 0 atom stereocenters. The second-order valence-corrected chi connectivity index (χ2v) is 5.53. The molecule has 0 saturated carbocycles. The molecule has 0 amide bonds. The first-order valence-electron chi connectivity index (χ1n) is 5.85. The normalized spacial score (nSPS) is 11.1. The summed E-state index contributed by atoms with van der Waals surface area (Å²) in [6.07, 6.45) is 3.06. The average Bonchev–Trinajstić information content (AvgIpc) is 2.45. The first-order chi connectivity index (χ1) is 9.88. The Bertz CT molecular complexity index is 803. The van der Waals surface area contributed by atoms with Crippen LogP contribution in [0.15, 0.2) is 53.4 Å². The van der Waals surface area contributed by atoms with Gasteiger partial charge in [-0.15, -0.1) is 0 Å². The number of nitro benzene ring substituents is 1. The summed E-state index contributed by atoms with van der Waals surface area (Å²) in [7, 11) is -4.80. The Morgan fingerprint density at radius 1 is 1.00 bits per heavy atom. The van der Waals surface area contributed by atoms with Crippen molar-refractivity contribution in [2.24, 2.45) is 0 Å². The minimum Gasteiger partial charge on any atom is -0.744 e. The van der Waals surface area contributed by atoms with Crippen LogP contribution in [0.4, 0.5) is 5.69 Å². The van der Waals surface area contributed by atoms with Crippen molar-refractivity contribution in [1.82, 2.24) is 0 Å². The van der Waals surface area contributed by atoms with Gasteiger partial charge in [-0.3, -0.25) is 10.1 Å². The molecule has 0 saturated heterocycles. The van der Waals surface area contributed by atoms with E-state index in [2.05, 4.69) is 0 Å². The fourth-order valence-electron chi connectivity index (χ4n) is 1.74. The Hall–Kier alpha value is -1.51. The first-order valence-corrected chi connectivity index (χ1v) is 7.26. The van der Waals surface area contributed by atoms with Crippen molar-refractivity contribution >= 4 is 28.0 Å². The van der Waals surface area contributed by atoms with E-state index in [1.54, 1.807) is 30.3 Å². The van der Waals surface area contributed by atoms with Gasteiger partial charge < -0.3 is 4.55 Å². The van der Waals surface area contributed by atoms with Gasteiger partial charge in [0.2, 0.25) is 0 Å². The van der Waals surface area contributed by atoms with Crippen molar-refractivity contribution < 1.29 is 47.5 Å². The molecule has 0 N–H and O–H groups in total. The second-order valence-electron chi connectivity index (χ2n) is 4.18. The largest absolute Gasteiger partial charge is 1.00 e. The van der Waals surface area contributed by atoms with E-state index >= 15 is 0 Å². The zero-order valence-electron chi connectivity index (χ0n) is 11.7. The van der Waals surface area contributed by atoms with Gasteiger partial charge in [0.25, 0.3) is 5.69 Å². The molecule has 0 unspecified atom stereocenters. The van der Waals surface area contributed by atoms with E-state index in [9.17, 15) is 23.1 Å². The van der Waals surface area contributed by atoms with Gasteiger partial charge in [-0.25, -0.2) is 8.42 Å². The van der Waals surface area contributed by atoms with Crippen molar-refractivity contribution in [2.45, 2.75) is 4.90 Å². The van der Waals surface area contributed by atoms with Gasteiger partial charge in [0.05, 0.1) is 9.82 Å². The fourth-order valence-corrected chi connectivity index (χ4v) is 2.43. The van der Waals surface area contributed by atoms with E-state index in [-0.39, 0.29) is 35.1 Å². The molecule has 2 rings (SSSR count). The molecule has 108 valence electrons. The molecule has 2 aromatic rings. The van der Waals surface area contributed by atoms with E-state index in [4.69, 9.17) is 0 Å². The quantitative estimate of drug-likeness (QED) is 0.252. The summed E-state index contributed by atoms with van der Waals surface area (Å²) >= 11 is 0. The Kier molecular flexibility index (Phi) is 6.46. The van der Waals surface area contributed by atoms with Crippen LogP contribution in [0.5, 0.6) is 0 Å². The summed E-state index contributed by atoms with van der Waals surface area (Å²) in [6.45, 7) is 0. The van der Waals surface area contributed by atoms with Crippen LogP contribution in [-0.4, -0.2) is 17.9 Å². The Balaban J connectivity index is 0.00000242. The molecule has 0 bridgehead atoms. The van der Waals surface area contributed by atoms with Gasteiger partial charge >= 0.3 is 29.6 Å². The molecule has 0 aliphatic heterocycles. The van der Waals surface area contributed by atoms with Crippen LogP contribution >= 0.6 is 0 Å². The monoisotopic (exact) mass is 327 g/mol. The maximum atomic E-state index is 11.2. The van der Waals surface area contributed by atoms with E-state index in [0.717, 1.165) is 17.7 Å². The molecule has 6 nitrogen and oxygen atoms in total. The molecule has 0 fully saturated rings. The molecule has 0 aliphatic carbocycles. The van der Waals surface area contributed by atoms with E-state index in [1.165, 1.54) is 12.1 Å². The third-order valence-electron chi connectivity index (χ3n) is 2.73. The summed E-state index contributed by atoms with van der Waals surface area (Å²) in [5.41, 5.74) is 0.478. The van der Waals surface area contributed by atoms with Gasteiger partial charge in [0.1, 0.15) is 10.1 Å². The first kappa shape index (κ1) is 18.5. The van der Waals surface area contributed by atoms with Crippen molar-refractivity contribution in [3.05, 3.63) is 69.8 Å². The average molecular weight is 327 g/mol. The Morgan fingerprint density at radius 3 is 2.18 bits per heavy atom. The molecule has 22 heavy (non-hydrogen) atoms. The van der Waals surface area contributed by atoms with Gasteiger partial charge in [0.15, 0.2) is 0 Å². The van der Waals surface area contributed by atoms with Crippen LogP contribution in [0.1, 0.15) is 11.1 Å². The van der Waals surface area contributed by atoms with Gasteiger partial charge in [-0.2, -0.15) is 0 Å². The van der Waals surface area contributed by atoms with Crippen molar-refractivity contribution in [2.75, 3.05) is 0 Å². The summed E-state index contributed by atoms with van der Waals surface area (Å²) in [5, 5.41) is 10.7. The number of hydrogen-bond acceptors (Lipinski definition) is 5. The Labute approximate surface area is 149 Å². The summed E-state index contributed by atoms with van der Waals surface area (Å²) < 4.78 is 33.7. The van der Waals surface area contributed by atoms with Gasteiger partial charge in [0, 0.05) is 12.1 Å². The number of non-ortho nitro benzene ring substituents is 1. The maximum absolute atomic E-state index is 11.2. The Morgan fingerprint density at radius 2 is 1.64 bits per heavy atom. The van der Waals surface area contributed by atoms with Crippen LogP contribution in [0.25, 0.3) is 12.2 Å². The van der Waals surface area contributed by atoms with Crippen molar-refractivity contribution in [3.63, 3.8) is 0 Å². The van der Waals surface area contributed by atoms with Crippen molar-refractivity contribution in [3.8, 4) is 0 Å². The van der Waals surface area contributed by atoms with Crippen LogP contribution in [0, 0.1) is 10.1 Å². The third-order valence-corrected chi connectivity index (χ3v) is 3.62. The third kappa shape index (κ3) is 4.75. The minimum absolute atomic E-state index is 0. The standard InChI is InChI=1S/C14H11NO5S.Na/c16-15(17)13-9-8-12(14(10-13)21(18,19)20)7-6-11-4-2-1-3-5-11;/h1-10H,(H,18,19,20);/q;+1/p-1/b7-6+;. The van der Waals surface area contributed by atoms with Crippen molar-refractivity contribution in [1.29, 1.82) is 0 Å². The number of hydrogen-bond donors (Lipinski definition) is 0. The maximum Gasteiger partial charge on any atom is 1.00 e. The second kappa shape index (κ2) is 7.66. The number of nitrogens with zero attached hydrogens (tertiary/aromatic N) is 1. The zero-order valence-corrected chi connectivity index (χ0v) is 14.5. The molecule has 0 spiro atoms. The van der Waals surface area contributed by atoms with E-state index in [1.807, 2.05) is 6.07 Å². The molecule has 0 heterocycles. The van der Waals surface area contributed by atoms with Crippen LogP contribution in [0.2, 0.25) is 0 Å². The van der Waals surface area contributed by atoms with E-state index in [0.29, 0.717) is 0 Å². The smallest absolute Gasteiger partial charge is 0.744 e. The number of rotatable bonds is 4. The molecule has 0 radical (unpaired) electrons. The predicted octanol–water partition coefficient (Wildman–Crippen LogP) is -0.327. The summed E-state index contributed by atoms with van der Waals surface area (Å²) in [4.78, 5) is 9.30.